The molecule has 2 aliphatic rings. The van der Waals surface area contributed by atoms with Crippen molar-refractivity contribution in [3.05, 3.63) is 47.3 Å². The van der Waals surface area contributed by atoms with Crippen molar-refractivity contribution >= 4 is 17.5 Å². The lowest BCUT2D eigenvalue weighted by molar-refractivity contribution is 0.101. The molecule has 0 saturated carbocycles. The Morgan fingerprint density at radius 3 is 2.32 bits per heavy atom. The summed E-state index contributed by atoms with van der Waals surface area (Å²) in [6.45, 7) is 12.1. The molecule has 0 aliphatic carbocycles. The van der Waals surface area contributed by atoms with Crippen molar-refractivity contribution in [2.24, 2.45) is 0 Å². The largest absolute Gasteiger partial charge is 0.366 e. The molecule has 166 valence electrons. The van der Waals surface area contributed by atoms with E-state index in [1.54, 1.807) is 12.3 Å². The molecule has 0 N–H and O–H groups in total. The van der Waals surface area contributed by atoms with E-state index in [4.69, 9.17) is 0 Å². The van der Waals surface area contributed by atoms with Crippen molar-refractivity contribution in [2.45, 2.75) is 59.2 Å². The van der Waals surface area contributed by atoms with Crippen LogP contribution in [0.1, 0.15) is 55.2 Å². The van der Waals surface area contributed by atoms with Crippen LogP contribution in [0.15, 0.2) is 30.5 Å². The molecule has 3 heterocycles. The van der Waals surface area contributed by atoms with E-state index in [0.29, 0.717) is 30.9 Å². The Balaban J connectivity index is 1.41. The van der Waals surface area contributed by atoms with E-state index in [-0.39, 0.29) is 11.8 Å². The molecule has 1 aromatic carbocycles. The number of benzene rings is 1. The predicted molar refractivity (Wildman–Crippen MR) is 122 cm³/mol. The van der Waals surface area contributed by atoms with Gasteiger partial charge in [0.05, 0.1) is 0 Å². The number of anilines is 1. The van der Waals surface area contributed by atoms with Crippen LogP contribution in [0.25, 0.3) is 0 Å². The van der Waals surface area contributed by atoms with E-state index in [0.717, 1.165) is 19.6 Å². The van der Waals surface area contributed by atoms with Crippen molar-refractivity contribution in [1.29, 1.82) is 0 Å². The Bertz CT molecular complexity index is 951. The second-order valence-corrected chi connectivity index (χ2v) is 9.06. The zero-order valence-electron chi connectivity index (χ0n) is 19.0. The molecule has 0 bridgehead atoms. The maximum absolute atomic E-state index is 12.7. The molecule has 7 heteroatoms. The van der Waals surface area contributed by atoms with Crippen molar-refractivity contribution < 1.29 is 9.59 Å². The number of Topliss-reactive ketones (excluding diaryl/α,β-unsaturated/α-hetero) is 1. The van der Waals surface area contributed by atoms with Crippen LogP contribution >= 0.6 is 0 Å². The van der Waals surface area contributed by atoms with Gasteiger partial charge in [0.15, 0.2) is 5.78 Å². The monoisotopic (exact) mass is 423 g/mol. The average molecular weight is 424 g/mol. The second-order valence-electron chi connectivity index (χ2n) is 9.06. The van der Waals surface area contributed by atoms with Gasteiger partial charge in [-0.15, -0.1) is 0 Å². The number of ketones is 1. The number of rotatable bonds is 4. The molecule has 0 radical (unpaired) electrons. The Labute approximate surface area is 184 Å². The average Bonchev–Trinajstić information content (AvgIpc) is 3.37. The third kappa shape index (κ3) is 4.51. The number of carbonyl (C=O) groups is 2. The number of nitrogens with zero attached hydrogens (tertiary/aromatic N) is 5. The molecule has 1 aromatic heterocycles. The van der Waals surface area contributed by atoms with Gasteiger partial charge in [0.1, 0.15) is 5.69 Å². The first-order valence-electron chi connectivity index (χ1n) is 11.3. The van der Waals surface area contributed by atoms with E-state index in [1.165, 1.54) is 41.3 Å². The summed E-state index contributed by atoms with van der Waals surface area (Å²) in [5.41, 5.74) is 4.35. The Hall–Kier alpha value is -2.67. The third-order valence-corrected chi connectivity index (χ3v) is 6.65. The maximum Gasteiger partial charge on any atom is 0.344 e. The summed E-state index contributed by atoms with van der Waals surface area (Å²) in [5, 5.41) is 4.11. The summed E-state index contributed by atoms with van der Waals surface area (Å²) < 4.78 is 1.28. The van der Waals surface area contributed by atoms with Crippen LogP contribution in [0.2, 0.25) is 0 Å². The number of aryl methyl sites for hydroxylation is 1. The van der Waals surface area contributed by atoms with Crippen LogP contribution < -0.4 is 4.90 Å². The summed E-state index contributed by atoms with van der Waals surface area (Å²) in [7, 11) is 0. The van der Waals surface area contributed by atoms with Crippen LogP contribution in [0, 0.1) is 6.92 Å². The Morgan fingerprint density at radius 1 is 1.03 bits per heavy atom. The first kappa shape index (κ1) is 21.6. The predicted octanol–water partition coefficient (Wildman–Crippen LogP) is 3.56. The molecule has 7 nitrogen and oxygen atoms in total. The molecular formula is C24H33N5O2. The van der Waals surface area contributed by atoms with Crippen LogP contribution in [0.3, 0.4) is 0 Å². The summed E-state index contributed by atoms with van der Waals surface area (Å²) in [6, 6.07) is 9.37. The Morgan fingerprint density at radius 2 is 1.71 bits per heavy atom. The van der Waals surface area contributed by atoms with Gasteiger partial charge in [0.25, 0.3) is 0 Å². The number of aromatic nitrogens is 2. The number of carbonyl (C=O) groups excluding carboxylic acids is 2. The van der Waals surface area contributed by atoms with E-state index in [2.05, 4.69) is 53.9 Å². The first-order valence-corrected chi connectivity index (χ1v) is 11.3. The standard InChI is InChI=1S/C24H33N5O2/c1-17-5-8-21(23(15-17)29-18(2)6-7-19(29)3)16-26-11-13-27(14-12-26)24(31)28-10-9-22(25-28)20(4)30/h5,8-10,15,18-19H,6-7,11-14,16H2,1-4H3/t18-,19-/m1/s1. The molecule has 2 aromatic rings. The Kier molecular flexibility index (Phi) is 6.14. The van der Waals surface area contributed by atoms with E-state index in [1.807, 2.05) is 4.90 Å². The highest BCUT2D eigenvalue weighted by atomic mass is 16.2. The lowest BCUT2D eigenvalue weighted by atomic mass is 10.1. The van der Waals surface area contributed by atoms with E-state index >= 15 is 0 Å². The summed E-state index contributed by atoms with van der Waals surface area (Å²) in [6.07, 6.45) is 4.06. The molecule has 31 heavy (non-hydrogen) atoms. The van der Waals surface area contributed by atoms with Crippen molar-refractivity contribution in [3.63, 3.8) is 0 Å². The maximum atomic E-state index is 12.7. The van der Waals surface area contributed by atoms with Gasteiger partial charge in [-0.2, -0.15) is 9.78 Å². The lowest BCUT2D eigenvalue weighted by Gasteiger charge is -2.36. The van der Waals surface area contributed by atoms with Gasteiger partial charge < -0.3 is 9.80 Å². The fourth-order valence-electron chi connectivity index (χ4n) is 4.82. The van der Waals surface area contributed by atoms with Gasteiger partial charge in [-0.3, -0.25) is 9.69 Å². The van der Waals surface area contributed by atoms with Gasteiger partial charge in [0.2, 0.25) is 0 Å². The SMILES string of the molecule is CC(=O)c1ccn(C(=O)N2CCN(Cc3ccc(C)cc3N3[C@H](C)CC[C@H]3C)CC2)n1. The van der Waals surface area contributed by atoms with Crippen LogP contribution in [0.4, 0.5) is 10.5 Å². The van der Waals surface area contributed by atoms with Gasteiger partial charge in [-0.05, 0) is 56.9 Å². The number of amides is 1. The normalized spacial score (nSPS) is 22.2. The molecule has 0 spiro atoms. The molecule has 0 unspecified atom stereocenters. The zero-order chi connectivity index (χ0) is 22.1. The molecule has 4 rings (SSSR count). The molecule has 2 saturated heterocycles. The fraction of sp³-hybridized carbons (Fsp3) is 0.542. The summed E-state index contributed by atoms with van der Waals surface area (Å²) in [4.78, 5) is 31.0. The lowest BCUT2D eigenvalue weighted by Crippen LogP contribution is -2.49. The van der Waals surface area contributed by atoms with Crippen molar-refractivity contribution in [2.75, 3.05) is 31.1 Å². The highest BCUT2D eigenvalue weighted by Gasteiger charge is 2.30. The van der Waals surface area contributed by atoms with Crippen LogP contribution in [0.5, 0.6) is 0 Å². The minimum absolute atomic E-state index is 0.132. The fourth-order valence-corrected chi connectivity index (χ4v) is 4.82. The summed E-state index contributed by atoms with van der Waals surface area (Å²) >= 11 is 0. The third-order valence-electron chi connectivity index (χ3n) is 6.65. The number of hydrogen-bond donors (Lipinski definition) is 0. The highest BCUT2D eigenvalue weighted by Crippen LogP contribution is 2.34. The number of hydrogen-bond acceptors (Lipinski definition) is 5. The van der Waals surface area contributed by atoms with Crippen LogP contribution in [-0.4, -0.2) is 69.7 Å². The smallest absolute Gasteiger partial charge is 0.344 e. The second kappa shape index (κ2) is 8.83. The van der Waals surface area contributed by atoms with Gasteiger partial charge >= 0.3 is 6.03 Å². The van der Waals surface area contributed by atoms with Crippen molar-refractivity contribution in [3.8, 4) is 0 Å². The van der Waals surface area contributed by atoms with Crippen LogP contribution in [-0.2, 0) is 6.54 Å². The summed E-state index contributed by atoms with van der Waals surface area (Å²) in [5.74, 6) is -0.132. The zero-order valence-corrected chi connectivity index (χ0v) is 19.0. The van der Waals surface area contributed by atoms with Crippen molar-refractivity contribution in [1.82, 2.24) is 19.6 Å². The van der Waals surface area contributed by atoms with E-state index in [9.17, 15) is 9.59 Å². The van der Waals surface area contributed by atoms with Gasteiger partial charge in [-0.25, -0.2) is 4.79 Å². The minimum atomic E-state index is -0.164. The van der Waals surface area contributed by atoms with Gasteiger partial charge in [0, 0.05) is 63.6 Å². The number of piperazine rings is 1. The topological polar surface area (TPSA) is 61.7 Å². The first-order chi connectivity index (χ1) is 14.8. The molecule has 2 fully saturated rings. The molecule has 2 aliphatic heterocycles. The molecule has 2 atom stereocenters. The quantitative estimate of drug-likeness (QED) is 0.704. The minimum Gasteiger partial charge on any atom is -0.366 e. The van der Waals surface area contributed by atoms with E-state index < -0.39 is 0 Å². The molecular weight excluding hydrogens is 390 g/mol. The van der Waals surface area contributed by atoms with Gasteiger partial charge in [-0.1, -0.05) is 12.1 Å². The molecule has 1 amide bonds. The highest BCUT2D eigenvalue weighted by molar-refractivity contribution is 5.92.